The maximum absolute atomic E-state index is 11.4. The van der Waals surface area contributed by atoms with Gasteiger partial charge in [-0.05, 0) is 18.6 Å². The predicted octanol–water partition coefficient (Wildman–Crippen LogP) is 0.704. The lowest BCUT2D eigenvalue weighted by Crippen LogP contribution is -2.48. The SMILES string of the molecule is CCCCC(CN(CC(=O)O)CC(=O)O)N(CC(=O)O)Cc1ncccc1O. The molecule has 28 heavy (non-hydrogen) atoms. The molecule has 0 aliphatic carbocycles. The van der Waals surface area contributed by atoms with Crippen LogP contribution in [0.2, 0.25) is 0 Å². The van der Waals surface area contributed by atoms with Gasteiger partial charge in [-0.2, -0.15) is 0 Å². The van der Waals surface area contributed by atoms with Gasteiger partial charge in [0.05, 0.1) is 25.3 Å². The van der Waals surface area contributed by atoms with Crippen molar-refractivity contribution < 1.29 is 34.8 Å². The second-order valence-corrected chi connectivity index (χ2v) is 6.52. The van der Waals surface area contributed by atoms with E-state index in [4.69, 9.17) is 10.2 Å². The lowest BCUT2D eigenvalue weighted by Gasteiger charge is -2.34. The normalized spacial score (nSPS) is 12.2. The molecule has 10 heteroatoms. The van der Waals surface area contributed by atoms with Gasteiger partial charge in [-0.1, -0.05) is 19.8 Å². The molecule has 156 valence electrons. The van der Waals surface area contributed by atoms with Crippen LogP contribution in [-0.4, -0.2) is 85.3 Å². The summed E-state index contributed by atoms with van der Waals surface area (Å²) in [7, 11) is 0. The summed E-state index contributed by atoms with van der Waals surface area (Å²) in [6, 6.07) is 2.58. The minimum absolute atomic E-state index is 0.0430. The van der Waals surface area contributed by atoms with Crippen molar-refractivity contribution in [1.82, 2.24) is 14.8 Å². The predicted molar refractivity (Wildman–Crippen MR) is 99.0 cm³/mol. The molecule has 0 aromatic carbocycles. The molecule has 1 aromatic heterocycles. The van der Waals surface area contributed by atoms with Crippen LogP contribution in [0.25, 0.3) is 0 Å². The van der Waals surface area contributed by atoms with Crippen LogP contribution >= 0.6 is 0 Å². The van der Waals surface area contributed by atoms with E-state index in [9.17, 15) is 24.6 Å². The highest BCUT2D eigenvalue weighted by Gasteiger charge is 2.26. The number of rotatable bonds is 14. The second-order valence-electron chi connectivity index (χ2n) is 6.52. The number of aromatic nitrogens is 1. The Morgan fingerprint density at radius 2 is 1.68 bits per heavy atom. The topological polar surface area (TPSA) is 152 Å². The first kappa shape index (κ1) is 23.3. The number of aliphatic carboxylic acids is 3. The molecule has 0 saturated carbocycles. The quantitative estimate of drug-likeness (QED) is 0.353. The second kappa shape index (κ2) is 11.9. The standard InChI is InChI=1S/C18H27N3O7/c1-2-3-5-13(8-20(10-16(23)24)11-17(25)26)21(12-18(27)28)9-14-15(22)6-4-7-19-14/h4,6-7,13,22H,2-3,5,8-12H2,1H3,(H,23,24)(H,25,26)(H,27,28). The molecule has 0 spiro atoms. The van der Waals surface area contributed by atoms with Crippen molar-refractivity contribution >= 4 is 17.9 Å². The Hall–Kier alpha value is -2.72. The maximum atomic E-state index is 11.4. The number of unbranched alkanes of at least 4 members (excludes halogenated alkanes) is 1. The Bertz CT molecular complexity index is 652. The first-order valence-corrected chi connectivity index (χ1v) is 8.97. The summed E-state index contributed by atoms with van der Waals surface area (Å²) in [5.41, 5.74) is 0.299. The van der Waals surface area contributed by atoms with Crippen molar-refractivity contribution in [3.63, 3.8) is 0 Å². The van der Waals surface area contributed by atoms with E-state index >= 15 is 0 Å². The summed E-state index contributed by atoms with van der Waals surface area (Å²) in [6.07, 6.45) is 3.62. The third-order valence-corrected chi connectivity index (χ3v) is 4.15. The van der Waals surface area contributed by atoms with Crippen LogP contribution < -0.4 is 0 Å². The van der Waals surface area contributed by atoms with Crippen molar-refractivity contribution in [1.29, 1.82) is 0 Å². The van der Waals surface area contributed by atoms with Crippen LogP contribution in [-0.2, 0) is 20.9 Å². The fraction of sp³-hybridized carbons (Fsp3) is 0.556. The lowest BCUT2D eigenvalue weighted by molar-refractivity contribution is -0.144. The van der Waals surface area contributed by atoms with E-state index in [0.29, 0.717) is 12.1 Å². The highest BCUT2D eigenvalue weighted by molar-refractivity contribution is 5.72. The third kappa shape index (κ3) is 8.78. The first-order chi connectivity index (χ1) is 13.2. The van der Waals surface area contributed by atoms with Gasteiger partial charge in [0.2, 0.25) is 0 Å². The molecule has 0 amide bonds. The summed E-state index contributed by atoms with van der Waals surface area (Å²) >= 11 is 0. The molecular weight excluding hydrogens is 370 g/mol. The number of pyridine rings is 1. The first-order valence-electron chi connectivity index (χ1n) is 8.97. The molecule has 1 heterocycles. The van der Waals surface area contributed by atoms with Gasteiger partial charge in [0.25, 0.3) is 0 Å². The van der Waals surface area contributed by atoms with Gasteiger partial charge in [-0.25, -0.2) is 0 Å². The van der Waals surface area contributed by atoms with E-state index in [2.05, 4.69) is 4.98 Å². The minimum atomic E-state index is -1.16. The Morgan fingerprint density at radius 1 is 1.07 bits per heavy atom. The van der Waals surface area contributed by atoms with Crippen molar-refractivity contribution in [3.8, 4) is 5.75 Å². The van der Waals surface area contributed by atoms with Crippen molar-refractivity contribution in [2.75, 3.05) is 26.2 Å². The zero-order chi connectivity index (χ0) is 21.1. The molecule has 1 atom stereocenters. The summed E-state index contributed by atoms with van der Waals surface area (Å²) in [6.45, 7) is 0.796. The molecular formula is C18H27N3O7. The van der Waals surface area contributed by atoms with Crippen molar-refractivity contribution in [2.24, 2.45) is 0 Å². The fourth-order valence-electron chi connectivity index (χ4n) is 2.93. The van der Waals surface area contributed by atoms with E-state index in [-0.39, 0.29) is 25.4 Å². The Kier molecular flexibility index (Phi) is 9.89. The number of carboxylic acid groups (broad SMARTS) is 3. The molecule has 0 aliphatic rings. The lowest BCUT2D eigenvalue weighted by atomic mass is 10.1. The van der Waals surface area contributed by atoms with Gasteiger partial charge in [0.15, 0.2) is 0 Å². The summed E-state index contributed by atoms with van der Waals surface area (Å²) in [5, 5.41) is 37.4. The van der Waals surface area contributed by atoms with Crippen molar-refractivity contribution in [2.45, 2.75) is 38.8 Å². The zero-order valence-corrected chi connectivity index (χ0v) is 15.8. The van der Waals surface area contributed by atoms with Gasteiger partial charge in [-0.15, -0.1) is 0 Å². The fourth-order valence-corrected chi connectivity index (χ4v) is 2.93. The van der Waals surface area contributed by atoms with Crippen LogP contribution in [0.3, 0.4) is 0 Å². The molecule has 0 fully saturated rings. The Labute approximate surface area is 163 Å². The van der Waals surface area contributed by atoms with E-state index in [1.165, 1.54) is 17.2 Å². The molecule has 0 bridgehead atoms. The number of hydrogen-bond acceptors (Lipinski definition) is 7. The maximum Gasteiger partial charge on any atom is 0.317 e. The van der Waals surface area contributed by atoms with Gasteiger partial charge >= 0.3 is 17.9 Å². The Morgan fingerprint density at radius 3 is 2.18 bits per heavy atom. The number of carboxylic acids is 3. The van der Waals surface area contributed by atoms with Gasteiger partial charge in [0, 0.05) is 25.3 Å². The summed E-state index contributed by atoms with van der Waals surface area (Å²) < 4.78 is 0. The monoisotopic (exact) mass is 397 g/mol. The largest absolute Gasteiger partial charge is 0.506 e. The average Bonchev–Trinajstić information content (AvgIpc) is 2.58. The zero-order valence-electron chi connectivity index (χ0n) is 15.8. The molecule has 1 aromatic rings. The van der Waals surface area contributed by atoms with E-state index in [1.54, 1.807) is 11.0 Å². The summed E-state index contributed by atoms with van der Waals surface area (Å²) in [5.74, 6) is -3.48. The number of aromatic hydroxyl groups is 1. The highest BCUT2D eigenvalue weighted by atomic mass is 16.4. The number of nitrogens with zero attached hydrogens (tertiary/aromatic N) is 3. The number of hydrogen-bond donors (Lipinski definition) is 4. The molecule has 0 aliphatic heterocycles. The average molecular weight is 397 g/mol. The van der Waals surface area contributed by atoms with Crippen LogP contribution in [0.5, 0.6) is 5.75 Å². The molecule has 1 unspecified atom stereocenters. The van der Waals surface area contributed by atoms with Crippen LogP contribution in [0.15, 0.2) is 18.3 Å². The van der Waals surface area contributed by atoms with Crippen LogP contribution in [0, 0.1) is 0 Å². The molecule has 0 radical (unpaired) electrons. The molecule has 1 rings (SSSR count). The van der Waals surface area contributed by atoms with Crippen LogP contribution in [0.4, 0.5) is 0 Å². The van der Waals surface area contributed by atoms with Gasteiger partial charge in [-0.3, -0.25) is 29.2 Å². The van der Waals surface area contributed by atoms with Crippen molar-refractivity contribution in [3.05, 3.63) is 24.0 Å². The molecule has 4 N–H and O–H groups in total. The molecule has 0 saturated heterocycles. The third-order valence-electron chi connectivity index (χ3n) is 4.15. The number of carbonyl (C=O) groups is 3. The smallest absolute Gasteiger partial charge is 0.317 e. The van der Waals surface area contributed by atoms with E-state index in [0.717, 1.165) is 12.8 Å². The van der Waals surface area contributed by atoms with E-state index < -0.39 is 37.0 Å². The summed E-state index contributed by atoms with van der Waals surface area (Å²) in [4.78, 5) is 40.5. The van der Waals surface area contributed by atoms with Gasteiger partial charge < -0.3 is 20.4 Å². The van der Waals surface area contributed by atoms with Gasteiger partial charge in [0.1, 0.15) is 5.75 Å². The highest BCUT2D eigenvalue weighted by Crippen LogP contribution is 2.19. The minimum Gasteiger partial charge on any atom is -0.506 e. The molecule has 10 nitrogen and oxygen atoms in total. The van der Waals surface area contributed by atoms with Crippen LogP contribution in [0.1, 0.15) is 31.9 Å². The van der Waals surface area contributed by atoms with E-state index in [1.807, 2.05) is 6.92 Å². The Balaban J connectivity index is 3.09.